The summed E-state index contributed by atoms with van der Waals surface area (Å²) in [4.78, 5) is 11.4. The molecule has 3 aromatic rings. The molecular weight excluding hydrogens is 250 g/mol. The molecule has 100 valence electrons. The topological polar surface area (TPSA) is 57.7 Å². The number of nitrogens with one attached hydrogen (secondary N) is 1. The van der Waals surface area contributed by atoms with Gasteiger partial charge in [0.2, 0.25) is 5.95 Å². The molecule has 0 radical (unpaired) electrons. The summed E-state index contributed by atoms with van der Waals surface area (Å²) >= 11 is 0. The molecule has 0 aliphatic carbocycles. The number of fused-ring (bicyclic) bond motifs is 1. The average molecular weight is 265 g/mol. The Kier molecular flexibility index (Phi) is 2.45. The maximum atomic E-state index is 4.63. The van der Waals surface area contributed by atoms with E-state index >= 15 is 0 Å². The normalized spacial score (nSPS) is 14.6. The van der Waals surface area contributed by atoms with Crippen LogP contribution < -0.4 is 4.90 Å². The van der Waals surface area contributed by atoms with Gasteiger partial charge in [-0.05, 0) is 25.5 Å². The lowest BCUT2D eigenvalue weighted by atomic mass is 10.1. The second-order valence-corrected chi connectivity index (χ2v) is 5.15. The first-order valence-electron chi connectivity index (χ1n) is 6.85. The largest absolute Gasteiger partial charge is 0.339 e. The maximum Gasteiger partial charge on any atom is 0.245 e. The van der Waals surface area contributed by atoms with Crippen LogP contribution in [0.1, 0.15) is 12.1 Å². The Morgan fingerprint density at radius 2 is 2.00 bits per heavy atom. The first-order valence-corrected chi connectivity index (χ1v) is 6.85. The fourth-order valence-corrected chi connectivity index (χ4v) is 2.53. The third kappa shape index (κ3) is 1.74. The van der Waals surface area contributed by atoms with E-state index < -0.39 is 0 Å². The van der Waals surface area contributed by atoms with Crippen LogP contribution in [-0.4, -0.2) is 33.3 Å². The highest BCUT2D eigenvalue weighted by Crippen LogP contribution is 2.27. The third-order valence-electron chi connectivity index (χ3n) is 3.71. The Labute approximate surface area is 116 Å². The van der Waals surface area contributed by atoms with Gasteiger partial charge in [-0.15, -0.1) is 5.10 Å². The van der Waals surface area contributed by atoms with Crippen LogP contribution in [0.25, 0.3) is 22.3 Å². The quantitative estimate of drug-likeness (QED) is 0.773. The van der Waals surface area contributed by atoms with Crippen molar-refractivity contribution in [2.24, 2.45) is 0 Å². The molecule has 0 amide bonds. The maximum absolute atomic E-state index is 4.63. The van der Waals surface area contributed by atoms with Gasteiger partial charge in [0, 0.05) is 29.7 Å². The second kappa shape index (κ2) is 4.30. The summed E-state index contributed by atoms with van der Waals surface area (Å²) in [6.07, 6.45) is 1.22. The number of benzene rings is 1. The number of hydrogen-bond donors (Lipinski definition) is 1. The molecule has 0 atom stereocenters. The minimum absolute atomic E-state index is 0.796. The molecule has 2 aromatic heterocycles. The van der Waals surface area contributed by atoms with Crippen LogP contribution in [0.3, 0.4) is 0 Å². The van der Waals surface area contributed by atoms with Crippen molar-refractivity contribution in [2.75, 3.05) is 18.0 Å². The summed E-state index contributed by atoms with van der Waals surface area (Å²) < 4.78 is 0. The standard InChI is InChI=1S/C15H15N5/c1-10-9-12(11-5-2-3-6-13(11)16-10)14-17-15(19-18-14)20-7-4-8-20/h2-3,5-6,9H,4,7-8H2,1H3,(H,17,18,19). The van der Waals surface area contributed by atoms with Gasteiger partial charge in [0.25, 0.3) is 0 Å². The minimum Gasteiger partial charge on any atom is -0.339 e. The lowest BCUT2D eigenvalue weighted by Gasteiger charge is -2.29. The molecule has 3 heterocycles. The molecule has 1 aliphatic heterocycles. The number of hydrogen-bond acceptors (Lipinski definition) is 4. The summed E-state index contributed by atoms with van der Waals surface area (Å²) in [6.45, 7) is 4.10. The van der Waals surface area contributed by atoms with E-state index in [-0.39, 0.29) is 0 Å². The van der Waals surface area contributed by atoms with E-state index in [0.717, 1.165) is 47.0 Å². The van der Waals surface area contributed by atoms with Crippen molar-refractivity contribution in [3.05, 3.63) is 36.0 Å². The average Bonchev–Trinajstić information content (AvgIpc) is 2.85. The van der Waals surface area contributed by atoms with Crippen LogP contribution >= 0.6 is 0 Å². The van der Waals surface area contributed by atoms with Gasteiger partial charge in [-0.3, -0.25) is 10.1 Å². The van der Waals surface area contributed by atoms with Gasteiger partial charge < -0.3 is 4.90 Å². The predicted molar refractivity (Wildman–Crippen MR) is 78.7 cm³/mol. The molecule has 0 spiro atoms. The first-order chi connectivity index (χ1) is 9.81. The molecule has 1 aliphatic rings. The number of aryl methyl sites for hydroxylation is 1. The highest BCUT2D eigenvalue weighted by molar-refractivity contribution is 5.92. The van der Waals surface area contributed by atoms with Crippen molar-refractivity contribution in [3.8, 4) is 11.4 Å². The number of H-pyrrole nitrogens is 1. The van der Waals surface area contributed by atoms with Crippen LogP contribution in [0.4, 0.5) is 5.95 Å². The van der Waals surface area contributed by atoms with Crippen LogP contribution in [0, 0.1) is 6.92 Å². The SMILES string of the molecule is Cc1cc(-c2nc(N3CCC3)n[nH]2)c2ccccc2n1. The van der Waals surface area contributed by atoms with Crippen molar-refractivity contribution < 1.29 is 0 Å². The van der Waals surface area contributed by atoms with E-state index in [1.807, 2.05) is 25.1 Å². The number of para-hydroxylation sites is 1. The van der Waals surface area contributed by atoms with Gasteiger partial charge in [0.15, 0.2) is 5.82 Å². The van der Waals surface area contributed by atoms with E-state index in [1.54, 1.807) is 0 Å². The van der Waals surface area contributed by atoms with Crippen molar-refractivity contribution in [2.45, 2.75) is 13.3 Å². The Morgan fingerprint density at radius 3 is 2.80 bits per heavy atom. The Balaban J connectivity index is 1.86. The molecule has 0 saturated carbocycles. The van der Waals surface area contributed by atoms with Crippen LogP contribution in [0.2, 0.25) is 0 Å². The fourth-order valence-electron chi connectivity index (χ4n) is 2.53. The predicted octanol–water partition coefficient (Wildman–Crippen LogP) is 2.54. The minimum atomic E-state index is 0.796. The number of rotatable bonds is 2. The van der Waals surface area contributed by atoms with Crippen molar-refractivity contribution in [1.82, 2.24) is 20.2 Å². The summed E-state index contributed by atoms with van der Waals surface area (Å²) in [5, 5.41) is 8.48. The Bertz CT molecular complexity index is 773. The highest BCUT2D eigenvalue weighted by Gasteiger charge is 2.19. The molecule has 5 nitrogen and oxygen atoms in total. The van der Waals surface area contributed by atoms with Crippen molar-refractivity contribution >= 4 is 16.9 Å². The molecule has 20 heavy (non-hydrogen) atoms. The lowest BCUT2D eigenvalue weighted by Crippen LogP contribution is -2.37. The van der Waals surface area contributed by atoms with Gasteiger partial charge in [-0.25, -0.2) is 0 Å². The number of aromatic nitrogens is 4. The zero-order chi connectivity index (χ0) is 13.5. The van der Waals surface area contributed by atoms with Gasteiger partial charge in [-0.2, -0.15) is 4.98 Å². The Hall–Kier alpha value is -2.43. The zero-order valence-electron chi connectivity index (χ0n) is 11.3. The number of nitrogens with zero attached hydrogens (tertiary/aromatic N) is 4. The zero-order valence-corrected chi connectivity index (χ0v) is 11.3. The molecule has 1 saturated heterocycles. The molecule has 0 bridgehead atoms. The Morgan fingerprint density at radius 1 is 1.15 bits per heavy atom. The number of anilines is 1. The summed E-state index contributed by atoms with van der Waals surface area (Å²) in [7, 11) is 0. The number of pyridine rings is 1. The van der Waals surface area contributed by atoms with Gasteiger partial charge in [0.1, 0.15) is 0 Å². The van der Waals surface area contributed by atoms with Gasteiger partial charge >= 0.3 is 0 Å². The molecule has 5 heteroatoms. The molecule has 4 rings (SSSR count). The smallest absolute Gasteiger partial charge is 0.245 e. The molecular formula is C15H15N5. The van der Waals surface area contributed by atoms with E-state index in [9.17, 15) is 0 Å². The number of aromatic amines is 1. The van der Waals surface area contributed by atoms with Crippen molar-refractivity contribution in [3.63, 3.8) is 0 Å². The second-order valence-electron chi connectivity index (χ2n) is 5.15. The summed E-state index contributed by atoms with van der Waals surface area (Å²) in [5.74, 6) is 1.61. The fraction of sp³-hybridized carbons (Fsp3) is 0.267. The lowest BCUT2D eigenvalue weighted by molar-refractivity contribution is 0.601. The van der Waals surface area contributed by atoms with Crippen LogP contribution in [-0.2, 0) is 0 Å². The molecule has 1 N–H and O–H groups in total. The van der Waals surface area contributed by atoms with E-state index in [2.05, 4.69) is 37.2 Å². The highest BCUT2D eigenvalue weighted by atomic mass is 15.4. The van der Waals surface area contributed by atoms with E-state index in [4.69, 9.17) is 0 Å². The van der Waals surface area contributed by atoms with Gasteiger partial charge in [0.05, 0.1) is 5.52 Å². The third-order valence-corrected chi connectivity index (χ3v) is 3.71. The summed E-state index contributed by atoms with van der Waals surface area (Å²) in [6, 6.07) is 10.2. The van der Waals surface area contributed by atoms with Crippen LogP contribution in [0.5, 0.6) is 0 Å². The van der Waals surface area contributed by atoms with Gasteiger partial charge in [-0.1, -0.05) is 18.2 Å². The molecule has 1 fully saturated rings. The molecule has 0 unspecified atom stereocenters. The van der Waals surface area contributed by atoms with Crippen molar-refractivity contribution in [1.29, 1.82) is 0 Å². The van der Waals surface area contributed by atoms with Crippen LogP contribution in [0.15, 0.2) is 30.3 Å². The van der Waals surface area contributed by atoms with E-state index in [0.29, 0.717) is 0 Å². The molecule has 1 aromatic carbocycles. The van der Waals surface area contributed by atoms with E-state index in [1.165, 1.54) is 6.42 Å². The monoisotopic (exact) mass is 265 g/mol. The summed E-state index contributed by atoms with van der Waals surface area (Å²) in [5.41, 5.74) is 3.04. The first kappa shape index (κ1) is 11.4.